The molecule has 25 heavy (non-hydrogen) atoms. The highest BCUT2D eigenvalue weighted by molar-refractivity contribution is 7.91. The summed E-state index contributed by atoms with van der Waals surface area (Å²) in [5.74, 6) is -0.601. The third-order valence-corrected chi connectivity index (χ3v) is 6.17. The summed E-state index contributed by atoms with van der Waals surface area (Å²) < 4.78 is 23.1. The Bertz CT molecular complexity index is 921. The molecule has 1 aliphatic heterocycles. The molecule has 0 radical (unpaired) electrons. The Kier molecular flexibility index (Phi) is 4.51. The zero-order valence-electron chi connectivity index (χ0n) is 13.8. The normalized spacial score (nSPS) is 22.0. The van der Waals surface area contributed by atoms with Crippen molar-refractivity contribution in [2.75, 3.05) is 18.1 Å². The van der Waals surface area contributed by atoms with Gasteiger partial charge in [0.05, 0.1) is 22.6 Å². The van der Waals surface area contributed by atoms with Crippen LogP contribution in [0, 0.1) is 0 Å². The number of amides is 2. The number of benzene rings is 1. The van der Waals surface area contributed by atoms with Crippen molar-refractivity contribution >= 4 is 32.6 Å². The molecule has 2 amide bonds. The molecule has 0 aliphatic carbocycles. The largest absolute Gasteiger partial charge is 0.350 e. The van der Waals surface area contributed by atoms with Crippen molar-refractivity contribution in [2.24, 2.45) is 0 Å². The zero-order valence-corrected chi connectivity index (χ0v) is 14.6. The number of carbonyl (C=O) groups is 2. The van der Waals surface area contributed by atoms with Gasteiger partial charge in [0.25, 0.3) is 5.91 Å². The van der Waals surface area contributed by atoms with Crippen molar-refractivity contribution in [3.63, 3.8) is 0 Å². The van der Waals surface area contributed by atoms with Gasteiger partial charge in [0.15, 0.2) is 15.5 Å². The third kappa shape index (κ3) is 3.98. The second-order valence-corrected chi connectivity index (χ2v) is 8.76. The topological polar surface area (TPSA) is 121 Å². The number of para-hydroxylation sites is 1. The van der Waals surface area contributed by atoms with Crippen LogP contribution < -0.4 is 10.6 Å². The Morgan fingerprint density at radius 3 is 2.80 bits per heavy atom. The molecule has 3 rings (SSSR count). The summed E-state index contributed by atoms with van der Waals surface area (Å²) in [6.07, 6.45) is 0.483. The minimum absolute atomic E-state index is 0.0443. The fraction of sp³-hybridized carbons (Fsp3) is 0.438. The molecule has 1 aromatic carbocycles. The van der Waals surface area contributed by atoms with E-state index >= 15 is 0 Å². The summed E-state index contributed by atoms with van der Waals surface area (Å²) in [7, 11) is -3.08. The van der Waals surface area contributed by atoms with Crippen LogP contribution in [0.25, 0.3) is 10.9 Å². The first-order chi connectivity index (χ1) is 11.8. The highest BCUT2D eigenvalue weighted by Crippen LogP contribution is 2.22. The fourth-order valence-electron chi connectivity index (χ4n) is 3.02. The molecule has 0 spiro atoms. The first-order valence-corrected chi connectivity index (χ1v) is 9.83. The molecule has 0 saturated carbocycles. The zero-order chi connectivity index (χ0) is 18.1. The van der Waals surface area contributed by atoms with Gasteiger partial charge < -0.3 is 10.6 Å². The number of aromatic amines is 1. The monoisotopic (exact) mass is 364 g/mol. The Morgan fingerprint density at radius 2 is 2.08 bits per heavy atom. The first kappa shape index (κ1) is 17.4. The van der Waals surface area contributed by atoms with Crippen LogP contribution in [-0.2, 0) is 14.6 Å². The number of hydrogen-bond donors (Lipinski definition) is 3. The lowest BCUT2D eigenvalue weighted by molar-refractivity contribution is -0.122. The number of sulfone groups is 1. The molecule has 9 heteroatoms. The molecule has 1 aromatic heterocycles. The first-order valence-electron chi connectivity index (χ1n) is 8.01. The van der Waals surface area contributed by atoms with Crippen molar-refractivity contribution < 1.29 is 18.0 Å². The van der Waals surface area contributed by atoms with E-state index < -0.39 is 15.4 Å². The maximum absolute atomic E-state index is 12.2. The number of nitrogens with one attached hydrogen (secondary N) is 3. The van der Waals surface area contributed by atoms with Gasteiger partial charge in [0.1, 0.15) is 0 Å². The summed E-state index contributed by atoms with van der Waals surface area (Å²) in [6, 6.07) is 7.28. The summed E-state index contributed by atoms with van der Waals surface area (Å²) in [5.41, 5.74) is 0.323. The average molecular weight is 364 g/mol. The van der Waals surface area contributed by atoms with E-state index in [1.54, 1.807) is 13.0 Å². The summed E-state index contributed by atoms with van der Waals surface area (Å²) >= 11 is 0. The number of hydrogen-bond acceptors (Lipinski definition) is 5. The van der Waals surface area contributed by atoms with Crippen LogP contribution in [0.2, 0.25) is 0 Å². The molecule has 134 valence electrons. The Hall–Kier alpha value is -2.42. The molecule has 1 unspecified atom stereocenters. The van der Waals surface area contributed by atoms with E-state index in [1.807, 2.05) is 18.2 Å². The Labute approximate surface area is 145 Å². The Balaban J connectivity index is 1.51. The van der Waals surface area contributed by atoms with Crippen molar-refractivity contribution in [3.8, 4) is 0 Å². The minimum atomic E-state index is -3.08. The number of aromatic nitrogens is 2. The average Bonchev–Trinajstić information content (AvgIpc) is 3.07. The van der Waals surface area contributed by atoms with Gasteiger partial charge in [0, 0.05) is 18.4 Å². The lowest BCUT2D eigenvalue weighted by atomic mass is 10.0. The molecule has 1 atom stereocenters. The lowest BCUT2D eigenvalue weighted by Crippen LogP contribution is -2.47. The van der Waals surface area contributed by atoms with Gasteiger partial charge in [-0.1, -0.05) is 18.2 Å². The molecule has 2 heterocycles. The van der Waals surface area contributed by atoms with Gasteiger partial charge in [-0.2, -0.15) is 5.10 Å². The molecule has 8 nitrogen and oxygen atoms in total. The van der Waals surface area contributed by atoms with Gasteiger partial charge in [-0.3, -0.25) is 14.7 Å². The van der Waals surface area contributed by atoms with Gasteiger partial charge in [-0.25, -0.2) is 8.42 Å². The quantitative estimate of drug-likeness (QED) is 0.708. The van der Waals surface area contributed by atoms with Gasteiger partial charge in [-0.15, -0.1) is 0 Å². The predicted molar refractivity (Wildman–Crippen MR) is 92.9 cm³/mol. The van der Waals surface area contributed by atoms with Crippen LogP contribution >= 0.6 is 0 Å². The fourth-order valence-corrected chi connectivity index (χ4v) is 5.11. The molecule has 0 bridgehead atoms. The lowest BCUT2D eigenvalue weighted by Gasteiger charge is -2.23. The van der Waals surface area contributed by atoms with Crippen molar-refractivity contribution in [2.45, 2.75) is 25.3 Å². The number of fused-ring (bicyclic) bond motifs is 1. The number of carbonyl (C=O) groups excluding carboxylic acids is 2. The van der Waals surface area contributed by atoms with Crippen LogP contribution in [0.4, 0.5) is 0 Å². The highest BCUT2D eigenvalue weighted by Gasteiger charge is 2.39. The van der Waals surface area contributed by atoms with Crippen molar-refractivity contribution in [1.29, 1.82) is 0 Å². The highest BCUT2D eigenvalue weighted by atomic mass is 32.2. The van der Waals surface area contributed by atoms with Gasteiger partial charge in [-0.05, 0) is 19.4 Å². The molecule has 1 aliphatic rings. The van der Waals surface area contributed by atoms with E-state index in [9.17, 15) is 18.0 Å². The van der Waals surface area contributed by atoms with E-state index in [2.05, 4.69) is 20.8 Å². The minimum Gasteiger partial charge on any atom is -0.350 e. The van der Waals surface area contributed by atoms with Crippen LogP contribution in [0.1, 0.15) is 30.3 Å². The summed E-state index contributed by atoms with van der Waals surface area (Å²) in [4.78, 5) is 24.2. The molecule has 3 N–H and O–H groups in total. The van der Waals surface area contributed by atoms with Crippen LogP contribution in [-0.4, -0.2) is 54.0 Å². The number of H-pyrrole nitrogens is 1. The number of rotatable bonds is 5. The van der Waals surface area contributed by atoms with Crippen LogP contribution in [0.5, 0.6) is 0 Å². The van der Waals surface area contributed by atoms with Crippen LogP contribution in [0.15, 0.2) is 24.3 Å². The van der Waals surface area contributed by atoms with E-state index in [4.69, 9.17) is 0 Å². The second kappa shape index (κ2) is 6.47. The standard InChI is InChI=1S/C16H20N4O4S/c1-16(7-9-25(23,24)10-16)18-13(21)6-8-17-15(22)14-11-4-2-3-5-12(11)19-20-14/h2-5H,6-10H2,1H3,(H,17,22)(H,18,21)(H,19,20). The molecular weight excluding hydrogens is 344 g/mol. The van der Waals surface area contributed by atoms with E-state index in [0.717, 1.165) is 5.52 Å². The number of nitrogens with zero attached hydrogens (tertiary/aromatic N) is 1. The van der Waals surface area contributed by atoms with Crippen molar-refractivity contribution in [1.82, 2.24) is 20.8 Å². The third-order valence-electron chi connectivity index (χ3n) is 4.27. The van der Waals surface area contributed by atoms with Gasteiger partial charge in [0.2, 0.25) is 5.91 Å². The van der Waals surface area contributed by atoms with E-state index in [-0.39, 0.29) is 42.0 Å². The van der Waals surface area contributed by atoms with Gasteiger partial charge >= 0.3 is 0 Å². The van der Waals surface area contributed by atoms with E-state index in [1.165, 1.54) is 0 Å². The Morgan fingerprint density at radius 1 is 1.32 bits per heavy atom. The van der Waals surface area contributed by atoms with Crippen LogP contribution in [0.3, 0.4) is 0 Å². The second-order valence-electron chi connectivity index (χ2n) is 6.57. The van der Waals surface area contributed by atoms with E-state index in [0.29, 0.717) is 11.8 Å². The summed E-state index contributed by atoms with van der Waals surface area (Å²) in [5, 5.41) is 12.9. The maximum atomic E-state index is 12.2. The molecule has 1 saturated heterocycles. The van der Waals surface area contributed by atoms with Crippen molar-refractivity contribution in [3.05, 3.63) is 30.0 Å². The predicted octanol–water partition coefficient (Wildman–Crippen LogP) is 0.376. The maximum Gasteiger partial charge on any atom is 0.272 e. The summed E-state index contributed by atoms with van der Waals surface area (Å²) in [6.45, 7) is 1.87. The molecule has 1 fully saturated rings. The SMILES string of the molecule is CC1(NC(=O)CCNC(=O)c2n[nH]c3ccccc23)CCS(=O)(=O)C1. The smallest absolute Gasteiger partial charge is 0.272 e. The molecular formula is C16H20N4O4S. The molecule has 2 aromatic rings.